The average Bonchev–Trinajstić information content (AvgIpc) is 3.18. The molecule has 1 aromatic carbocycles. The molecule has 0 aromatic heterocycles. The van der Waals surface area contributed by atoms with Crippen molar-refractivity contribution in [3.05, 3.63) is 12.1 Å². The number of nitrogen functional groups attached to an aromatic ring is 1. The first kappa shape index (κ1) is 16.8. The Balaban J connectivity index is 1.51. The Morgan fingerprint density at radius 2 is 1.88 bits per heavy atom. The topological polar surface area (TPSA) is 111 Å². The van der Waals surface area contributed by atoms with Gasteiger partial charge in [-0.1, -0.05) is 0 Å². The summed E-state index contributed by atoms with van der Waals surface area (Å²) in [6.07, 6.45) is 2.20. The number of carbonyl (C=O) groups excluding carboxylic acids is 1. The van der Waals surface area contributed by atoms with Crippen LogP contribution in [0.1, 0.15) is 25.7 Å². The number of nitrogens with two attached hydrogens (primary N) is 1. The first-order chi connectivity index (χ1) is 11.5. The molecule has 3 N–H and O–H groups in total. The van der Waals surface area contributed by atoms with Gasteiger partial charge in [0.25, 0.3) is 0 Å². The van der Waals surface area contributed by atoms with E-state index in [4.69, 9.17) is 15.2 Å². The predicted molar refractivity (Wildman–Crippen MR) is 89.4 cm³/mol. The van der Waals surface area contributed by atoms with Gasteiger partial charge in [-0.3, -0.25) is 4.79 Å². The van der Waals surface area contributed by atoms with E-state index in [2.05, 4.69) is 5.32 Å². The summed E-state index contributed by atoms with van der Waals surface area (Å²) in [6, 6.07) is 3.20. The Morgan fingerprint density at radius 1 is 1.21 bits per heavy atom. The van der Waals surface area contributed by atoms with Crippen LogP contribution in [-0.4, -0.2) is 44.3 Å². The quantitative estimate of drug-likeness (QED) is 0.740. The van der Waals surface area contributed by atoms with E-state index in [0.29, 0.717) is 36.0 Å². The number of fused-ring (bicyclic) bond motifs is 1. The van der Waals surface area contributed by atoms with Crippen LogP contribution in [0.5, 0.6) is 11.5 Å². The molecule has 0 unspecified atom stereocenters. The maximum Gasteiger partial charge on any atom is 0.231 e. The number of anilines is 2. The zero-order chi connectivity index (χ0) is 17.2. The second-order valence-corrected chi connectivity index (χ2v) is 7.96. The monoisotopic (exact) mass is 355 g/mol. The molecule has 24 heavy (non-hydrogen) atoms. The second-order valence-electron chi connectivity index (χ2n) is 5.87. The van der Waals surface area contributed by atoms with E-state index >= 15 is 0 Å². The first-order valence-electron chi connectivity index (χ1n) is 7.92. The molecule has 8 nitrogen and oxygen atoms in total. The molecule has 0 atom stereocenters. The van der Waals surface area contributed by atoms with E-state index in [1.807, 2.05) is 0 Å². The summed E-state index contributed by atoms with van der Waals surface area (Å²) in [5.41, 5.74) is 6.68. The summed E-state index contributed by atoms with van der Waals surface area (Å²) in [4.78, 5) is 12.0. The van der Waals surface area contributed by atoms with Crippen LogP contribution in [0, 0.1) is 0 Å². The minimum absolute atomic E-state index is 0.0168. The number of hydrogen-bond acceptors (Lipinski definition) is 6. The number of ether oxygens (including phenoxy) is 2. The molecule has 0 radical (unpaired) electrons. The van der Waals surface area contributed by atoms with Gasteiger partial charge in [0.15, 0.2) is 11.5 Å². The van der Waals surface area contributed by atoms with Gasteiger partial charge >= 0.3 is 0 Å². The SMILES string of the molecule is Nc1cc2c(cc1NC(=O)CCCS(=O)(=O)N1CCCC1)OCO2. The molecule has 3 rings (SSSR count). The molecule has 0 bridgehead atoms. The second kappa shape index (κ2) is 6.86. The highest BCUT2D eigenvalue weighted by Gasteiger charge is 2.25. The highest BCUT2D eigenvalue weighted by molar-refractivity contribution is 7.89. The maximum atomic E-state index is 12.1. The molecule has 0 spiro atoms. The van der Waals surface area contributed by atoms with Crippen molar-refractivity contribution in [2.75, 3.05) is 36.7 Å². The summed E-state index contributed by atoms with van der Waals surface area (Å²) in [6.45, 7) is 1.30. The van der Waals surface area contributed by atoms with Gasteiger partial charge in [-0.2, -0.15) is 0 Å². The third kappa shape index (κ3) is 3.73. The lowest BCUT2D eigenvalue weighted by Crippen LogP contribution is -2.30. The Morgan fingerprint density at radius 3 is 2.58 bits per heavy atom. The van der Waals surface area contributed by atoms with Gasteiger partial charge in [0.2, 0.25) is 22.7 Å². The van der Waals surface area contributed by atoms with Crippen molar-refractivity contribution in [2.24, 2.45) is 0 Å². The first-order valence-corrected chi connectivity index (χ1v) is 9.53. The largest absolute Gasteiger partial charge is 0.454 e. The van der Waals surface area contributed by atoms with Crippen LogP contribution in [0.15, 0.2) is 12.1 Å². The van der Waals surface area contributed by atoms with Crippen molar-refractivity contribution < 1.29 is 22.7 Å². The minimum atomic E-state index is -3.25. The molecule has 2 aliphatic heterocycles. The van der Waals surface area contributed by atoms with Crippen molar-refractivity contribution in [2.45, 2.75) is 25.7 Å². The summed E-state index contributed by atoms with van der Waals surface area (Å²) in [7, 11) is -3.25. The summed E-state index contributed by atoms with van der Waals surface area (Å²) >= 11 is 0. The van der Waals surface area contributed by atoms with Crippen LogP contribution in [0.4, 0.5) is 11.4 Å². The number of nitrogens with zero attached hydrogens (tertiary/aromatic N) is 1. The highest BCUT2D eigenvalue weighted by atomic mass is 32.2. The van der Waals surface area contributed by atoms with Crippen LogP contribution in [0.2, 0.25) is 0 Å². The number of hydrogen-bond donors (Lipinski definition) is 2. The zero-order valence-electron chi connectivity index (χ0n) is 13.3. The number of benzene rings is 1. The normalized spacial score (nSPS) is 17.2. The Bertz CT molecular complexity index is 729. The molecule has 9 heteroatoms. The summed E-state index contributed by atoms with van der Waals surface area (Å²) in [5.74, 6) is 0.771. The lowest BCUT2D eigenvalue weighted by Gasteiger charge is -2.15. The van der Waals surface area contributed by atoms with Crippen LogP contribution in [0.3, 0.4) is 0 Å². The lowest BCUT2D eigenvalue weighted by atomic mass is 10.2. The van der Waals surface area contributed by atoms with E-state index < -0.39 is 10.0 Å². The zero-order valence-corrected chi connectivity index (χ0v) is 14.1. The number of carbonyl (C=O) groups is 1. The Labute approximate surface area is 141 Å². The summed E-state index contributed by atoms with van der Waals surface area (Å²) in [5, 5.41) is 2.69. The molecular formula is C15H21N3O5S. The van der Waals surface area contributed by atoms with Crippen LogP contribution < -0.4 is 20.5 Å². The molecule has 0 saturated carbocycles. The van der Waals surface area contributed by atoms with E-state index in [-0.39, 0.29) is 31.3 Å². The van der Waals surface area contributed by atoms with E-state index in [1.54, 1.807) is 12.1 Å². The molecule has 0 aliphatic carbocycles. The number of rotatable bonds is 6. The maximum absolute atomic E-state index is 12.1. The van der Waals surface area contributed by atoms with Crippen LogP contribution in [-0.2, 0) is 14.8 Å². The fraction of sp³-hybridized carbons (Fsp3) is 0.533. The van der Waals surface area contributed by atoms with Gasteiger partial charge < -0.3 is 20.5 Å². The van der Waals surface area contributed by atoms with Gasteiger partial charge in [0, 0.05) is 31.6 Å². The number of amides is 1. The number of nitrogens with one attached hydrogen (secondary N) is 1. The minimum Gasteiger partial charge on any atom is -0.454 e. The van der Waals surface area contributed by atoms with Gasteiger partial charge in [0.05, 0.1) is 17.1 Å². The van der Waals surface area contributed by atoms with Crippen LogP contribution >= 0.6 is 0 Å². The molecule has 132 valence electrons. The number of sulfonamides is 1. The van der Waals surface area contributed by atoms with Crippen LogP contribution in [0.25, 0.3) is 0 Å². The third-order valence-electron chi connectivity index (χ3n) is 4.08. The molecule has 2 heterocycles. The Kier molecular flexibility index (Phi) is 4.81. The third-order valence-corrected chi connectivity index (χ3v) is 6.04. The van der Waals surface area contributed by atoms with E-state index in [0.717, 1.165) is 12.8 Å². The molecule has 1 saturated heterocycles. The van der Waals surface area contributed by atoms with Gasteiger partial charge in [-0.15, -0.1) is 0 Å². The highest BCUT2D eigenvalue weighted by Crippen LogP contribution is 2.38. The van der Waals surface area contributed by atoms with Crippen molar-refractivity contribution in [1.29, 1.82) is 0 Å². The van der Waals surface area contributed by atoms with Gasteiger partial charge in [-0.05, 0) is 19.3 Å². The van der Waals surface area contributed by atoms with E-state index in [9.17, 15) is 13.2 Å². The molecule has 2 aliphatic rings. The smallest absolute Gasteiger partial charge is 0.231 e. The standard InChI is InChI=1S/C15H21N3O5S/c16-11-8-13-14(23-10-22-13)9-12(11)17-15(19)4-3-7-24(20,21)18-5-1-2-6-18/h8-9H,1-7,10,16H2,(H,17,19). The predicted octanol–water partition coefficient (Wildman–Crippen LogP) is 1.14. The van der Waals surface area contributed by atoms with Crippen molar-refractivity contribution in [3.8, 4) is 11.5 Å². The molecule has 1 amide bonds. The van der Waals surface area contributed by atoms with Crippen molar-refractivity contribution in [1.82, 2.24) is 4.31 Å². The van der Waals surface area contributed by atoms with Gasteiger partial charge in [0.1, 0.15) is 0 Å². The van der Waals surface area contributed by atoms with E-state index in [1.165, 1.54) is 4.31 Å². The average molecular weight is 355 g/mol. The molecule has 1 aromatic rings. The lowest BCUT2D eigenvalue weighted by molar-refractivity contribution is -0.116. The molecule has 1 fully saturated rings. The van der Waals surface area contributed by atoms with Crippen molar-refractivity contribution >= 4 is 27.3 Å². The van der Waals surface area contributed by atoms with Crippen molar-refractivity contribution in [3.63, 3.8) is 0 Å². The summed E-state index contributed by atoms with van der Waals surface area (Å²) < 4.78 is 36.1. The fourth-order valence-corrected chi connectivity index (χ4v) is 4.37. The fourth-order valence-electron chi connectivity index (χ4n) is 2.79. The van der Waals surface area contributed by atoms with Gasteiger partial charge in [-0.25, -0.2) is 12.7 Å². The molecular weight excluding hydrogens is 334 g/mol. The Hall–Kier alpha value is -2.00.